The first-order chi connectivity index (χ1) is 8.33. The second kappa shape index (κ2) is 6.25. The van der Waals surface area contributed by atoms with Gasteiger partial charge in [0.15, 0.2) is 0 Å². The zero-order chi connectivity index (χ0) is 12.1. The molecule has 2 rings (SSSR count). The molecule has 0 aliphatic carbocycles. The van der Waals surface area contributed by atoms with Gasteiger partial charge in [-0.3, -0.25) is 0 Å². The normalized spacial score (nSPS) is 16.9. The van der Waals surface area contributed by atoms with Gasteiger partial charge in [0.05, 0.1) is 0 Å². The molecule has 2 nitrogen and oxygen atoms in total. The van der Waals surface area contributed by atoms with Crippen molar-refractivity contribution >= 4 is 17.4 Å². The summed E-state index contributed by atoms with van der Waals surface area (Å²) in [7, 11) is 0. The van der Waals surface area contributed by atoms with Crippen LogP contribution in [0.5, 0.6) is 0 Å². The number of rotatable bonds is 3. The summed E-state index contributed by atoms with van der Waals surface area (Å²) in [4.78, 5) is 7.15. The molecule has 0 unspecified atom stereocenters. The van der Waals surface area contributed by atoms with Gasteiger partial charge in [-0.05, 0) is 37.0 Å². The van der Waals surface area contributed by atoms with Crippen LogP contribution in [0.1, 0.15) is 43.9 Å². The Hall–Kier alpha value is -0.760. The number of hydrogen-bond acceptors (Lipinski definition) is 2. The minimum Gasteiger partial charge on any atom is -0.357 e. The molecule has 1 saturated heterocycles. The molecule has 0 atom stereocenters. The number of aryl methyl sites for hydroxylation is 1. The smallest absolute Gasteiger partial charge is 0.129 e. The van der Waals surface area contributed by atoms with E-state index < -0.39 is 0 Å². The molecule has 0 aromatic carbocycles. The molecule has 0 spiro atoms. The van der Waals surface area contributed by atoms with Gasteiger partial charge < -0.3 is 4.90 Å². The van der Waals surface area contributed by atoms with E-state index in [4.69, 9.17) is 16.6 Å². The van der Waals surface area contributed by atoms with Gasteiger partial charge >= 0.3 is 0 Å². The topological polar surface area (TPSA) is 16.1 Å². The van der Waals surface area contributed by atoms with Gasteiger partial charge in [-0.15, -0.1) is 11.6 Å². The first kappa shape index (κ1) is 12.7. The summed E-state index contributed by atoms with van der Waals surface area (Å²) in [5.74, 6) is 1.71. The van der Waals surface area contributed by atoms with Crippen LogP contribution in [-0.2, 0) is 12.3 Å². The molecule has 1 aliphatic heterocycles. The average Bonchev–Trinajstić information content (AvgIpc) is 2.67. The molecule has 1 aromatic rings. The summed E-state index contributed by atoms with van der Waals surface area (Å²) in [6.45, 7) is 4.43. The van der Waals surface area contributed by atoms with Crippen LogP contribution in [0.25, 0.3) is 0 Å². The molecule has 1 fully saturated rings. The third-order valence-corrected chi connectivity index (χ3v) is 3.68. The summed E-state index contributed by atoms with van der Waals surface area (Å²) in [5.41, 5.74) is 2.35. The van der Waals surface area contributed by atoms with E-state index in [1.54, 1.807) is 0 Å². The van der Waals surface area contributed by atoms with E-state index in [1.807, 2.05) is 0 Å². The SMILES string of the molecule is CCc1cc(CCl)cc(N2CCCCCC2)n1. The Kier molecular flexibility index (Phi) is 4.66. The van der Waals surface area contributed by atoms with E-state index in [-0.39, 0.29) is 0 Å². The Morgan fingerprint density at radius 1 is 1.18 bits per heavy atom. The fourth-order valence-electron chi connectivity index (χ4n) is 2.35. The lowest BCUT2D eigenvalue weighted by Crippen LogP contribution is -2.25. The molecule has 0 radical (unpaired) electrons. The van der Waals surface area contributed by atoms with Crippen molar-refractivity contribution in [2.24, 2.45) is 0 Å². The van der Waals surface area contributed by atoms with E-state index in [2.05, 4.69) is 24.0 Å². The Labute approximate surface area is 109 Å². The minimum atomic E-state index is 0.580. The van der Waals surface area contributed by atoms with Gasteiger partial charge in [-0.2, -0.15) is 0 Å². The number of hydrogen-bond donors (Lipinski definition) is 0. The average molecular weight is 253 g/mol. The predicted octanol–water partition coefficient (Wildman–Crippen LogP) is 3.76. The maximum Gasteiger partial charge on any atom is 0.129 e. The molecule has 0 saturated carbocycles. The number of nitrogens with zero attached hydrogens (tertiary/aromatic N) is 2. The van der Waals surface area contributed by atoms with Crippen molar-refractivity contribution in [2.45, 2.75) is 44.9 Å². The lowest BCUT2D eigenvalue weighted by Gasteiger charge is -2.22. The fraction of sp³-hybridized carbons (Fsp3) is 0.643. The number of alkyl halides is 1. The molecule has 94 valence electrons. The standard InChI is InChI=1S/C14H21ClN2/c1-2-13-9-12(11-15)10-14(16-13)17-7-5-3-4-6-8-17/h9-10H,2-8,11H2,1H3. The largest absolute Gasteiger partial charge is 0.357 e. The van der Waals surface area contributed by atoms with Gasteiger partial charge in [0, 0.05) is 24.7 Å². The summed E-state index contributed by atoms with van der Waals surface area (Å²) >= 11 is 5.95. The Bertz CT molecular complexity index is 335. The van der Waals surface area contributed by atoms with Crippen molar-refractivity contribution in [3.63, 3.8) is 0 Å². The highest BCUT2D eigenvalue weighted by Gasteiger charge is 2.12. The van der Waals surface area contributed by atoms with Crippen LogP contribution in [0, 0.1) is 0 Å². The van der Waals surface area contributed by atoms with Crippen molar-refractivity contribution in [1.29, 1.82) is 0 Å². The van der Waals surface area contributed by atoms with Crippen LogP contribution in [0.15, 0.2) is 12.1 Å². The van der Waals surface area contributed by atoms with Gasteiger partial charge in [-0.25, -0.2) is 4.98 Å². The highest BCUT2D eigenvalue weighted by atomic mass is 35.5. The van der Waals surface area contributed by atoms with Crippen molar-refractivity contribution < 1.29 is 0 Å². The first-order valence-electron chi connectivity index (χ1n) is 6.64. The fourth-order valence-corrected chi connectivity index (χ4v) is 2.51. The maximum absolute atomic E-state index is 5.95. The molecule has 1 aromatic heterocycles. The van der Waals surface area contributed by atoms with Gasteiger partial charge in [0.1, 0.15) is 5.82 Å². The van der Waals surface area contributed by atoms with Crippen molar-refractivity contribution in [2.75, 3.05) is 18.0 Å². The van der Waals surface area contributed by atoms with Crippen LogP contribution in [0.4, 0.5) is 5.82 Å². The molecule has 17 heavy (non-hydrogen) atoms. The Morgan fingerprint density at radius 2 is 1.88 bits per heavy atom. The molecule has 3 heteroatoms. The number of halogens is 1. The zero-order valence-corrected chi connectivity index (χ0v) is 11.3. The predicted molar refractivity (Wildman–Crippen MR) is 73.9 cm³/mol. The number of pyridine rings is 1. The third kappa shape index (κ3) is 3.35. The molecular formula is C14H21ClN2. The maximum atomic E-state index is 5.95. The molecule has 0 N–H and O–H groups in total. The lowest BCUT2D eigenvalue weighted by molar-refractivity contribution is 0.726. The van der Waals surface area contributed by atoms with Crippen LogP contribution >= 0.6 is 11.6 Å². The lowest BCUT2D eigenvalue weighted by atomic mass is 10.2. The molecule has 0 amide bonds. The Balaban J connectivity index is 2.22. The van der Waals surface area contributed by atoms with Crippen LogP contribution in [0.2, 0.25) is 0 Å². The van der Waals surface area contributed by atoms with Crippen molar-refractivity contribution in [3.05, 3.63) is 23.4 Å². The second-order valence-electron chi connectivity index (χ2n) is 4.71. The van der Waals surface area contributed by atoms with Crippen LogP contribution in [0.3, 0.4) is 0 Å². The number of aromatic nitrogens is 1. The van der Waals surface area contributed by atoms with Gasteiger partial charge in [-0.1, -0.05) is 19.8 Å². The minimum absolute atomic E-state index is 0.580. The summed E-state index contributed by atoms with van der Waals surface area (Å²) in [6, 6.07) is 4.27. The van der Waals surface area contributed by atoms with E-state index >= 15 is 0 Å². The van der Waals surface area contributed by atoms with E-state index in [9.17, 15) is 0 Å². The first-order valence-corrected chi connectivity index (χ1v) is 7.17. The quantitative estimate of drug-likeness (QED) is 0.762. The Morgan fingerprint density at radius 3 is 2.47 bits per heavy atom. The van der Waals surface area contributed by atoms with E-state index in [0.29, 0.717) is 5.88 Å². The molecular weight excluding hydrogens is 232 g/mol. The number of anilines is 1. The summed E-state index contributed by atoms with van der Waals surface area (Å²) in [6.07, 6.45) is 6.26. The molecule has 2 heterocycles. The highest BCUT2D eigenvalue weighted by molar-refractivity contribution is 6.17. The highest BCUT2D eigenvalue weighted by Crippen LogP contribution is 2.20. The van der Waals surface area contributed by atoms with Gasteiger partial charge in [0.25, 0.3) is 0 Å². The third-order valence-electron chi connectivity index (χ3n) is 3.37. The molecule has 1 aliphatic rings. The summed E-state index contributed by atoms with van der Waals surface area (Å²) < 4.78 is 0. The zero-order valence-electron chi connectivity index (χ0n) is 10.6. The second-order valence-corrected chi connectivity index (χ2v) is 4.98. The summed E-state index contributed by atoms with van der Waals surface area (Å²) in [5, 5.41) is 0. The van der Waals surface area contributed by atoms with Crippen LogP contribution < -0.4 is 4.90 Å². The van der Waals surface area contributed by atoms with Crippen molar-refractivity contribution in [1.82, 2.24) is 4.98 Å². The molecule has 0 bridgehead atoms. The van der Waals surface area contributed by atoms with Crippen LogP contribution in [-0.4, -0.2) is 18.1 Å². The van der Waals surface area contributed by atoms with Gasteiger partial charge in [0.2, 0.25) is 0 Å². The van der Waals surface area contributed by atoms with E-state index in [1.165, 1.54) is 31.2 Å². The van der Waals surface area contributed by atoms with E-state index in [0.717, 1.165) is 31.0 Å². The van der Waals surface area contributed by atoms with Crippen molar-refractivity contribution in [3.8, 4) is 0 Å². The monoisotopic (exact) mass is 252 g/mol.